The highest BCUT2D eigenvalue weighted by Gasteiger charge is 2.07. The smallest absolute Gasteiger partial charge is 0.251 e. The molecule has 24 heavy (non-hydrogen) atoms. The van der Waals surface area contributed by atoms with E-state index in [0.717, 1.165) is 0 Å². The van der Waals surface area contributed by atoms with Crippen molar-refractivity contribution >= 4 is 23.2 Å². The van der Waals surface area contributed by atoms with Gasteiger partial charge in [-0.25, -0.2) is 4.39 Å². The number of nitrogens with zero attached hydrogens (tertiary/aromatic N) is 1. The highest BCUT2D eigenvalue weighted by molar-refractivity contribution is 7.07. The number of benzene rings is 1. The Morgan fingerprint density at radius 1 is 1.21 bits per heavy atom. The fraction of sp³-hybridized carbons (Fsp3) is 0.294. The van der Waals surface area contributed by atoms with Crippen LogP contribution in [0.15, 0.2) is 40.0 Å². The molecule has 3 N–H and O–H groups in total. The van der Waals surface area contributed by atoms with Crippen LogP contribution in [-0.4, -0.2) is 32.0 Å². The van der Waals surface area contributed by atoms with Crippen molar-refractivity contribution < 1.29 is 9.18 Å². The second kappa shape index (κ2) is 9.02. The minimum atomic E-state index is -0.376. The molecule has 1 aromatic carbocycles. The van der Waals surface area contributed by atoms with Gasteiger partial charge in [0.1, 0.15) is 5.82 Å². The first-order valence-corrected chi connectivity index (χ1v) is 8.54. The molecule has 0 saturated carbocycles. The van der Waals surface area contributed by atoms with E-state index in [-0.39, 0.29) is 11.7 Å². The van der Waals surface area contributed by atoms with Crippen LogP contribution in [-0.2, 0) is 6.54 Å². The number of hydrogen-bond donors (Lipinski definition) is 3. The molecule has 0 saturated heterocycles. The Labute approximate surface area is 145 Å². The van der Waals surface area contributed by atoms with E-state index in [9.17, 15) is 9.18 Å². The fourth-order valence-electron chi connectivity index (χ4n) is 1.99. The Kier molecular flexibility index (Phi) is 6.74. The topological polar surface area (TPSA) is 65.5 Å². The van der Waals surface area contributed by atoms with Gasteiger partial charge < -0.3 is 16.0 Å². The zero-order chi connectivity index (χ0) is 17.4. The zero-order valence-electron chi connectivity index (χ0n) is 13.7. The molecule has 0 aliphatic rings. The summed E-state index contributed by atoms with van der Waals surface area (Å²) >= 11 is 1.65. The van der Waals surface area contributed by atoms with E-state index in [1.807, 2.05) is 11.4 Å². The average molecular weight is 348 g/mol. The summed E-state index contributed by atoms with van der Waals surface area (Å²) in [6, 6.07) is 6.51. The second-order valence-corrected chi connectivity index (χ2v) is 5.98. The van der Waals surface area contributed by atoms with Crippen LogP contribution in [0.3, 0.4) is 0 Å². The van der Waals surface area contributed by atoms with Crippen molar-refractivity contribution in [2.75, 3.05) is 20.1 Å². The van der Waals surface area contributed by atoms with E-state index in [1.54, 1.807) is 37.4 Å². The van der Waals surface area contributed by atoms with Crippen LogP contribution in [0, 0.1) is 12.7 Å². The van der Waals surface area contributed by atoms with Gasteiger partial charge in [0.05, 0.1) is 0 Å². The number of guanidine groups is 1. The number of carbonyl (C=O) groups excluding carboxylic acids is 1. The summed E-state index contributed by atoms with van der Waals surface area (Å²) in [4.78, 5) is 16.1. The Bertz CT molecular complexity index is 701. The minimum Gasteiger partial charge on any atom is -0.355 e. The van der Waals surface area contributed by atoms with Gasteiger partial charge in [-0.05, 0) is 47.0 Å². The van der Waals surface area contributed by atoms with Crippen LogP contribution in [0.1, 0.15) is 21.5 Å². The van der Waals surface area contributed by atoms with Crippen LogP contribution in [0.5, 0.6) is 0 Å². The van der Waals surface area contributed by atoms with Crippen molar-refractivity contribution in [1.82, 2.24) is 16.0 Å². The molecule has 0 radical (unpaired) electrons. The van der Waals surface area contributed by atoms with Gasteiger partial charge in [-0.1, -0.05) is 6.07 Å². The molecule has 0 spiro atoms. The van der Waals surface area contributed by atoms with E-state index < -0.39 is 0 Å². The van der Waals surface area contributed by atoms with Crippen LogP contribution < -0.4 is 16.0 Å². The first-order valence-electron chi connectivity index (χ1n) is 7.60. The first kappa shape index (κ1) is 17.9. The number of nitrogens with one attached hydrogen (secondary N) is 3. The lowest BCUT2D eigenvalue weighted by atomic mass is 10.1. The number of aryl methyl sites for hydroxylation is 1. The number of carbonyl (C=O) groups is 1. The molecule has 7 heteroatoms. The lowest BCUT2D eigenvalue weighted by Crippen LogP contribution is -2.41. The van der Waals surface area contributed by atoms with Gasteiger partial charge >= 0.3 is 0 Å². The van der Waals surface area contributed by atoms with E-state index in [2.05, 4.69) is 26.3 Å². The predicted octanol–water partition coefficient (Wildman–Crippen LogP) is 2.29. The summed E-state index contributed by atoms with van der Waals surface area (Å²) in [7, 11) is 1.69. The molecule has 2 rings (SSSR count). The Morgan fingerprint density at radius 3 is 2.67 bits per heavy atom. The van der Waals surface area contributed by atoms with E-state index in [1.165, 1.54) is 11.6 Å². The number of thiophene rings is 1. The Balaban J connectivity index is 1.70. The number of amides is 1. The molecule has 1 amide bonds. The minimum absolute atomic E-state index is 0.295. The molecule has 0 fully saturated rings. The van der Waals surface area contributed by atoms with Crippen molar-refractivity contribution in [2.45, 2.75) is 13.5 Å². The quantitative estimate of drug-likeness (QED) is 0.426. The summed E-state index contributed by atoms with van der Waals surface area (Å²) in [5, 5.41) is 13.1. The molecular weight excluding hydrogens is 327 g/mol. The van der Waals surface area contributed by atoms with Crippen molar-refractivity contribution in [2.24, 2.45) is 4.99 Å². The normalized spacial score (nSPS) is 11.2. The third-order valence-corrected chi connectivity index (χ3v) is 4.13. The van der Waals surface area contributed by atoms with Gasteiger partial charge in [-0.15, -0.1) is 0 Å². The second-order valence-electron chi connectivity index (χ2n) is 5.20. The number of hydrogen-bond acceptors (Lipinski definition) is 3. The third-order valence-electron chi connectivity index (χ3n) is 3.40. The van der Waals surface area contributed by atoms with Gasteiger partial charge in [0.2, 0.25) is 0 Å². The summed E-state index contributed by atoms with van der Waals surface area (Å²) < 4.78 is 13.5. The number of aliphatic imine (C=N–C) groups is 1. The van der Waals surface area contributed by atoms with E-state index in [0.29, 0.717) is 36.7 Å². The predicted molar refractivity (Wildman–Crippen MR) is 96.0 cm³/mol. The molecule has 5 nitrogen and oxygen atoms in total. The monoisotopic (exact) mass is 348 g/mol. The van der Waals surface area contributed by atoms with Gasteiger partial charge in [0.15, 0.2) is 5.96 Å². The first-order chi connectivity index (χ1) is 11.6. The Hall–Kier alpha value is -2.41. The highest BCUT2D eigenvalue weighted by Crippen LogP contribution is 2.08. The lowest BCUT2D eigenvalue weighted by molar-refractivity contribution is 0.0954. The molecule has 0 aliphatic carbocycles. The van der Waals surface area contributed by atoms with Gasteiger partial charge in [-0.3, -0.25) is 9.79 Å². The van der Waals surface area contributed by atoms with Crippen LogP contribution in [0.2, 0.25) is 0 Å². The van der Waals surface area contributed by atoms with Crippen molar-refractivity contribution in [3.8, 4) is 0 Å². The fourth-order valence-corrected chi connectivity index (χ4v) is 2.66. The molecule has 0 unspecified atom stereocenters. The van der Waals surface area contributed by atoms with E-state index >= 15 is 0 Å². The molecule has 2 aromatic rings. The van der Waals surface area contributed by atoms with Gasteiger partial charge in [0, 0.05) is 32.2 Å². The summed E-state index contributed by atoms with van der Waals surface area (Å²) in [6.07, 6.45) is 0. The largest absolute Gasteiger partial charge is 0.355 e. The number of rotatable bonds is 6. The highest BCUT2D eigenvalue weighted by atomic mass is 32.1. The zero-order valence-corrected chi connectivity index (χ0v) is 14.5. The van der Waals surface area contributed by atoms with Crippen molar-refractivity contribution in [3.05, 3.63) is 57.5 Å². The van der Waals surface area contributed by atoms with Gasteiger partial charge in [-0.2, -0.15) is 11.3 Å². The SMILES string of the molecule is CN=C(NCCNC(=O)c1ccc(C)c(F)c1)NCc1ccsc1. The van der Waals surface area contributed by atoms with Crippen molar-refractivity contribution in [1.29, 1.82) is 0 Å². The van der Waals surface area contributed by atoms with Gasteiger partial charge in [0.25, 0.3) is 5.91 Å². The molecule has 1 aromatic heterocycles. The Morgan fingerprint density at radius 2 is 2.00 bits per heavy atom. The van der Waals surface area contributed by atoms with Crippen LogP contribution >= 0.6 is 11.3 Å². The third kappa shape index (κ3) is 5.34. The lowest BCUT2D eigenvalue weighted by Gasteiger charge is -2.12. The molecule has 128 valence electrons. The molecule has 0 atom stereocenters. The molecule has 0 bridgehead atoms. The molecule has 1 heterocycles. The summed E-state index contributed by atoms with van der Waals surface area (Å²) in [6.45, 7) is 3.28. The molecular formula is C17H21FN4OS. The maximum absolute atomic E-state index is 13.5. The maximum Gasteiger partial charge on any atom is 0.251 e. The standard InChI is InChI=1S/C17H21FN4OS/c1-12-3-4-14(9-15(12)18)16(23)20-6-7-21-17(19-2)22-10-13-5-8-24-11-13/h3-5,8-9,11H,6-7,10H2,1-2H3,(H,20,23)(H2,19,21,22). The molecule has 0 aliphatic heterocycles. The number of halogens is 1. The van der Waals surface area contributed by atoms with Crippen molar-refractivity contribution in [3.63, 3.8) is 0 Å². The van der Waals surface area contributed by atoms with E-state index in [4.69, 9.17) is 0 Å². The average Bonchev–Trinajstić information content (AvgIpc) is 3.10. The summed E-state index contributed by atoms with van der Waals surface area (Å²) in [5.41, 5.74) is 2.03. The van der Waals surface area contributed by atoms with Crippen LogP contribution in [0.4, 0.5) is 4.39 Å². The maximum atomic E-state index is 13.5. The van der Waals surface area contributed by atoms with Crippen LogP contribution in [0.25, 0.3) is 0 Å². The summed E-state index contributed by atoms with van der Waals surface area (Å²) in [5.74, 6) is -0.00689.